The average molecular weight is 278 g/mol. The first-order chi connectivity index (χ1) is 10.1. The molecular formula is C21H26. The lowest BCUT2D eigenvalue weighted by Gasteiger charge is -2.41. The van der Waals surface area contributed by atoms with Crippen LogP contribution in [-0.2, 0) is 6.42 Å². The number of hydrogen-bond donors (Lipinski definition) is 0. The lowest BCUT2D eigenvalue weighted by atomic mass is 9.63. The highest BCUT2D eigenvalue weighted by Crippen LogP contribution is 2.58. The maximum absolute atomic E-state index is 2.55. The molecule has 0 heteroatoms. The SMILES string of the molecule is Cc1ccc2c(c1)CC1=C(C=C2)C2CCC(C)C2(C)CC1. The topological polar surface area (TPSA) is 0 Å². The van der Waals surface area contributed by atoms with Crippen LogP contribution in [0.15, 0.2) is 35.4 Å². The summed E-state index contributed by atoms with van der Waals surface area (Å²) in [7, 11) is 0. The van der Waals surface area contributed by atoms with E-state index >= 15 is 0 Å². The summed E-state index contributed by atoms with van der Waals surface area (Å²) in [6.45, 7) is 7.24. The van der Waals surface area contributed by atoms with Crippen molar-refractivity contribution in [3.63, 3.8) is 0 Å². The van der Waals surface area contributed by atoms with Gasteiger partial charge in [0, 0.05) is 0 Å². The summed E-state index contributed by atoms with van der Waals surface area (Å²) in [5, 5.41) is 0. The molecule has 0 aliphatic heterocycles. The van der Waals surface area contributed by atoms with Gasteiger partial charge in [-0.1, -0.05) is 55.3 Å². The molecule has 1 aromatic rings. The third-order valence-corrected chi connectivity index (χ3v) is 6.70. The fraction of sp³-hybridized carbons (Fsp3) is 0.524. The van der Waals surface area contributed by atoms with Gasteiger partial charge in [0.1, 0.15) is 0 Å². The van der Waals surface area contributed by atoms with Crippen LogP contribution in [0.4, 0.5) is 0 Å². The molecule has 0 heterocycles. The van der Waals surface area contributed by atoms with Crippen molar-refractivity contribution in [1.29, 1.82) is 0 Å². The van der Waals surface area contributed by atoms with Gasteiger partial charge in [0.05, 0.1) is 0 Å². The second kappa shape index (κ2) is 4.60. The number of benzene rings is 1. The molecule has 4 rings (SSSR count). The summed E-state index contributed by atoms with van der Waals surface area (Å²) >= 11 is 0. The number of hydrogen-bond acceptors (Lipinski definition) is 0. The summed E-state index contributed by atoms with van der Waals surface area (Å²) < 4.78 is 0. The normalized spacial score (nSPS) is 34.2. The molecule has 3 aliphatic rings. The Bertz CT molecular complexity index is 646. The Morgan fingerprint density at radius 3 is 2.86 bits per heavy atom. The Balaban J connectivity index is 1.78. The number of aryl methyl sites for hydroxylation is 1. The first-order valence-electron chi connectivity index (χ1n) is 8.57. The molecule has 1 fully saturated rings. The zero-order valence-corrected chi connectivity index (χ0v) is 13.6. The van der Waals surface area contributed by atoms with Gasteiger partial charge >= 0.3 is 0 Å². The molecule has 3 atom stereocenters. The maximum Gasteiger partial charge on any atom is -0.00551 e. The second-order valence-corrected chi connectivity index (χ2v) is 7.81. The predicted molar refractivity (Wildman–Crippen MR) is 90.2 cm³/mol. The number of fused-ring (bicyclic) bond motifs is 3. The van der Waals surface area contributed by atoms with Crippen LogP contribution in [0, 0.1) is 24.2 Å². The van der Waals surface area contributed by atoms with E-state index in [4.69, 9.17) is 0 Å². The maximum atomic E-state index is 2.55. The molecule has 0 aromatic heterocycles. The zero-order valence-electron chi connectivity index (χ0n) is 13.6. The van der Waals surface area contributed by atoms with Gasteiger partial charge in [0.25, 0.3) is 0 Å². The van der Waals surface area contributed by atoms with Crippen molar-refractivity contribution in [3.05, 3.63) is 52.1 Å². The van der Waals surface area contributed by atoms with Crippen molar-refractivity contribution in [2.75, 3.05) is 0 Å². The van der Waals surface area contributed by atoms with Crippen molar-refractivity contribution < 1.29 is 0 Å². The van der Waals surface area contributed by atoms with Gasteiger partial charge in [0.2, 0.25) is 0 Å². The van der Waals surface area contributed by atoms with E-state index in [1.54, 1.807) is 11.1 Å². The molecule has 3 aliphatic carbocycles. The fourth-order valence-corrected chi connectivity index (χ4v) is 5.05. The molecule has 21 heavy (non-hydrogen) atoms. The monoisotopic (exact) mass is 278 g/mol. The smallest absolute Gasteiger partial charge is 0.00551 e. The minimum Gasteiger partial charge on any atom is -0.0623 e. The van der Waals surface area contributed by atoms with Gasteiger partial charge in [-0.2, -0.15) is 0 Å². The van der Waals surface area contributed by atoms with Crippen LogP contribution in [0.3, 0.4) is 0 Å². The van der Waals surface area contributed by atoms with Crippen LogP contribution >= 0.6 is 0 Å². The fourth-order valence-electron chi connectivity index (χ4n) is 5.05. The van der Waals surface area contributed by atoms with E-state index in [-0.39, 0.29) is 0 Å². The van der Waals surface area contributed by atoms with Crippen molar-refractivity contribution in [2.24, 2.45) is 17.3 Å². The van der Waals surface area contributed by atoms with E-state index in [1.807, 2.05) is 0 Å². The van der Waals surface area contributed by atoms with E-state index in [2.05, 4.69) is 51.1 Å². The molecule has 0 nitrogen and oxygen atoms in total. The van der Waals surface area contributed by atoms with Gasteiger partial charge in [0.15, 0.2) is 0 Å². The van der Waals surface area contributed by atoms with Crippen LogP contribution in [0.5, 0.6) is 0 Å². The highest BCUT2D eigenvalue weighted by atomic mass is 14.5. The van der Waals surface area contributed by atoms with E-state index in [0.717, 1.165) is 11.8 Å². The lowest BCUT2D eigenvalue weighted by molar-refractivity contribution is 0.164. The summed E-state index contributed by atoms with van der Waals surface area (Å²) in [6, 6.07) is 6.94. The number of allylic oxidation sites excluding steroid dienone is 3. The van der Waals surface area contributed by atoms with Crippen molar-refractivity contribution in [2.45, 2.75) is 52.9 Å². The predicted octanol–water partition coefficient (Wildman–Crippen LogP) is 5.71. The molecule has 0 radical (unpaired) electrons. The van der Waals surface area contributed by atoms with E-state index in [9.17, 15) is 0 Å². The first kappa shape index (κ1) is 13.4. The molecule has 0 bridgehead atoms. The Morgan fingerprint density at radius 2 is 2.00 bits per heavy atom. The Labute approximate surface area is 129 Å². The van der Waals surface area contributed by atoms with Crippen LogP contribution in [-0.4, -0.2) is 0 Å². The third kappa shape index (κ3) is 1.95. The summed E-state index contributed by atoms with van der Waals surface area (Å²) in [4.78, 5) is 0. The molecule has 3 unspecified atom stereocenters. The van der Waals surface area contributed by atoms with E-state index in [0.29, 0.717) is 5.41 Å². The lowest BCUT2D eigenvalue weighted by Crippen LogP contribution is -2.32. The van der Waals surface area contributed by atoms with Crippen LogP contribution < -0.4 is 0 Å². The number of rotatable bonds is 0. The molecule has 1 saturated carbocycles. The molecule has 1 aromatic carbocycles. The van der Waals surface area contributed by atoms with Gasteiger partial charge < -0.3 is 0 Å². The summed E-state index contributed by atoms with van der Waals surface area (Å²) in [5.74, 6) is 1.70. The largest absolute Gasteiger partial charge is 0.0623 e. The minimum absolute atomic E-state index is 0.551. The molecule has 0 amide bonds. The Morgan fingerprint density at radius 1 is 1.14 bits per heavy atom. The van der Waals surface area contributed by atoms with E-state index in [1.165, 1.54) is 48.8 Å². The Kier molecular flexibility index (Phi) is 2.93. The highest BCUT2D eigenvalue weighted by Gasteiger charge is 2.47. The van der Waals surface area contributed by atoms with Gasteiger partial charge in [-0.25, -0.2) is 0 Å². The third-order valence-electron chi connectivity index (χ3n) is 6.70. The molecule has 110 valence electrons. The van der Waals surface area contributed by atoms with Crippen molar-refractivity contribution in [3.8, 4) is 0 Å². The molecule has 0 spiro atoms. The van der Waals surface area contributed by atoms with Crippen molar-refractivity contribution >= 4 is 6.08 Å². The van der Waals surface area contributed by atoms with E-state index < -0.39 is 0 Å². The quantitative estimate of drug-likeness (QED) is 0.570. The minimum atomic E-state index is 0.551. The Hall–Kier alpha value is -1.30. The molecular weight excluding hydrogens is 252 g/mol. The van der Waals surface area contributed by atoms with Gasteiger partial charge in [-0.05, 0) is 73.0 Å². The summed E-state index contributed by atoms with van der Waals surface area (Å²) in [6.07, 6.45) is 11.5. The van der Waals surface area contributed by atoms with Crippen LogP contribution in [0.25, 0.3) is 6.08 Å². The zero-order chi connectivity index (χ0) is 14.6. The first-order valence-corrected chi connectivity index (χ1v) is 8.57. The van der Waals surface area contributed by atoms with Crippen molar-refractivity contribution in [1.82, 2.24) is 0 Å². The van der Waals surface area contributed by atoms with Crippen LogP contribution in [0.1, 0.15) is 56.2 Å². The summed E-state index contributed by atoms with van der Waals surface area (Å²) in [5.41, 5.74) is 8.33. The van der Waals surface area contributed by atoms with Gasteiger partial charge in [-0.3, -0.25) is 0 Å². The molecule has 0 saturated heterocycles. The standard InChI is InChI=1S/C21H26/c1-14-4-6-16-7-8-19-17(13-18(16)12-14)10-11-21(3)15(2)5-9-20(19)21/h4,6-8,12,15,20H,5,9-11,13H2,1-3H3. The van der Waals surface area contributed by atoms with Crippen LogP contribution in [0.2, 0.25) is 0 Å². The molecule has 0 N–H and O–H groups in total. The highest BCUT2D eigenvalue weighted by molar-refractivity contribution is 5.62. The second-order valence-electron chi connectivity index (χ2n) is 7.81. The van der Waals surface area contributed by atoms with Gasteiger partial charge in [-0.15, -0.1) is 0 Å². The average Bonchev–Trinajstić information content (AvgIpc) is 2.66.